The highest BCUT2D eigenvalue weighted by Crippen LogP contribution is 2.11. The molecule has 0 bridgehead atoms. The standard InChI is InChI=1S/C12H13BrO/c1-9(2)7-12(14)8-10-3-5-11(13)6-4-10/h3-7H,8H2,1-2H3. The number of hydrogen-bond acceptors (Lipinski definition) is 1. The average Bonchev–Trinajstić information content (AvgIpc) is 2.07. The van der Waals surface area contributed by atoms with Gasteiger partial charge in [0.05, 0.1) is 0 Å². The van der Waals surface area contributed by atoms with Crippen molar-refractivity contribution in [3.63, 3.8) is 0 Å². The third-order valence-electron chi connectivity index (χ3n) is 1.74. The molecule has 1 rings (SSSR count). The smallest absolute Gasteiger partial charge is 0.159 e. The number of rotatable bonds is 3. The Bertz CT molecular complexity index is 345. The summed E-state index contributed by atoms with van der Waals surface area (Å²) in [5, 5.41) is 0. The van der Waals surface area contributed by atoms with E-state index in [1.165, 1.54) is 0 Å². The van der Waals surface area contributed by atoms with Crippen LogP contribution in [-0.4, -0.2) is 5.78 Å². The monoisotopic (exact) mass is 252 g/mol. The second-order valence-electron chi connectivity index (χ2n) is 3.49. The molecule has 0 N–H and O–H groups in total. The lowest BCUT2D eigenvalue weighted by Crippen LogP contribution is -1.98. The van der Waals surface area contributed by atoms with Gasteiger partial charge in [-0.15, -0.1) is 0 Å². The number of ketones is 1. The predicted molar refractivity (Wildman–Crippen MR) is 62.3 cm³/mol. The number of carbonyl (C=O) groups is 1. The molecule has 14 heavy (non-hydrogen) atoms. The SMILES string of the molecule is CC(C)=CC(=O)Cc1ccc(Br)cc1. The van der Waals surface area contributed by atoms with Crippen LogP contribution in [0, 0.1) is 0 Å². The maximum Gasteiger partial charge on any atom is 0.159 e. The van der Waals surface area contributed by atoms with Gasteiger partial charge < -0.3 is 0 Å². The lowest BCUT2D eigenvalue weighted by Gasteiger charge is -1.98. The van der Waals surface area contributed by atoms with Gasteiger partial charge in [-0.05, 0) is 37.6 Å². The topological polar surface area (TPSA) is 17.1 Å². The molecule has 0 spiro atoms. The van der Waals surface area contributed by atoms with E-state index in [9.17, 15) is 4.79 Å². The lowest BCUT2D eigenvalue weighted by molar-refractivity contribution is -0.114. The molecule has 0 aliphatic heterocycles. The molecule has 0 atom stereocenters. The molecule has 0 aliphatic rings. The third kappa shape index (κ3) is 3.88. The molecule has 1 aromatic rings. The Morgan fingerprint density at radius 2 is 1.86 bits per heavy atom. The van der Waals surface area contributed by atoms with Gasteiger partial charge in [0.15, 0.2) is 5.78 Å². The van der Waals surface area contributed by atoms with E-state index < -0.39 is 0 Å². The predicted octanol–water partition coefficient (Wildman–Crippen LogP) is 3.53. The van der Waals surface area contributed by atoms with E-state index in [1.807, 2.05) is 38.1 Å². The van der Waals surface area contributed by atoms with E-state index in [-0.39, 0.29) is 5.78 Å². The maximum absolute atomic E-state index is 11.4. The third-order valence-corrected chi connectivity index (χ3v) is 2.27. The Balaban J connectivity index is 2.66. The molecule has 1 nitrogen and oxygen atoms in total. The van der Waals surface area contributed by atoms with Crippen LogP contribution in [0.3, 0.4) is 0 Å². The number of allylic oxidation sites excluding steroid dienone is 2. The molecule has 1 aromatic carbocycles. The fraction of sp³-hybridized carbons (Fsp3) is 0.250. The fourth-order valence-corrected chi connectivity index (χ4v) is 1.44. The van der Waals surface area contributed by atoms with Crippen LogP contribution in [0.15, 0.2) is 40.4 Å². The Kier molecular flexibility index (Phi) is 4.08. The molecule has 0 fully saturated rings. The zero-order valence-electron chi connectivity index (χ0n) is 8.38. The minimum atomic E-state index is 0.160. The van der Waals surface area contributed by atoms with Gasteiger partial charge in [-0.1, -0.05) is 33.6 Å². The van der Waals surface area contributed by atoms with Crippen LogP contribution >= 0.6 is 15.9 Å². The van der Waals surface area contributed by atoms with Crippen LogP contribution < -0.4 is 0 Å². The summed E-state index contributed by atoms with van der Waals surface area (Å²) >= 11 is 3.36. The second-order valence-corrected chi connectivity index (χ2v) is 4.41. The first-order valence-electron chi connectivity index (χ1n) is 4.50. The zero-order chi connectivity index (χ0) is 10.6. The van der Waals surface area contributed by atoms with Crippen LogP contribution in [0.2, 0.25) is 0 Å². The molecule has 0 aromatic heterocycles. The summed E-state index contributed by atoms with van der Waals surface area (Å²) < 4.78 is 1.04. The Hall–Kier alpha value is -0.890. The van der Waals surface area contributed by atoms with Gasteiger partial charge in [-0.3, -0.25) is 4.79 Å². The summed E-state index contributed by atoms with van der Waals surface area (Å²) in [7, 11) is 0. The normalized spacial score (nSPS) is 9.64. The van der Waals surface area contributed by atoms with Crippen LogP contribution in [0.25, 0.3) is 0 Å². The Morgan fingerprint density at radius 3 is 2.36 bits per heavy atom. The van der Waals surface area contributed by atoms with Crippen LogP contribution in [0.5, 0.6) is 0 Å². The van der Waals surface area contributed by atoms with Gasteiger partial charge in [0.25, 0.3) is 0 Å². The van der Waals surface area contributed by atoms with Crippen molar-refractivity contribution in [2.75, 3.05) is 0 Å². The quantitative estimate of drug-likeness (QED) is 0.753. The number of hydrogen-bond donors (Lipinski definition) is 0. The first-order chi connectivity index (χ1) is 6.58. The summed E-state index contributed by atoms with van der Waals surface area (Å²) in [5.74, 6) is 0.160. The number of carbonyl (C=O) groups excluding carboxylic acids is 1. The molecule has 0 heterocycles. The van der Waals surface area contributed by atoms with E-state index in [0.717, 1.165) is 15.6 Å². The van der Waals surface area contributed by atoms with Crippen molar-refractivity contribution in [2.45, 2.75) is 20.3 Å². The van der Waals surface area contributed by atoms with Gasteiger partial charge in [-0.2, -0.15) is 0 Å². The number of halogens is 1. The van der Waals surface area contributed by atoms with Crippen molar-refractivity contribution < 1.29 is 4.79 Å². The van der Waals surface area contributed by atoms with Gasteiger partial charge in [0.1, 0.15) is 0 Å². The first kappa shape index (κ1) is 11.2. The van der Waals surface area contributed by atoms with Crippen LogP contribution in [-0.2, 0) is 11.2 Å². The largest absolute Gasteiger partial charge is 0.294 e. The van der Waals surface area contributed by atoms with Gasteiger partial charge >= 0.3 is 0 Å². The Labute approximate surface area is 93.0 Å². The van der Waals surface area contributed by atoms with Crippen molar-refractivity contribution in [3.8, 4) is 0 Å². The highest BCUT2D eigenvalue weighted by Gasteiger charge is 1.99. The highest BCUT2D eigenvalue weighted by molar-refractivity contribution is 9.10. The summed E-state index contributed by atoms with van der Waals surface area (Å²) in [4.78, 5) is 11.4. The number of benzene rings is 1. The summed E-state index contributed by atoms with van der Waals surface area (Å²) in [5.41, 5.74) is 2.10. The minimum Gasteiger partial charge on any atom is -0.294 e. The fourth-order valence-electron chi connectivity index (χ4n) is 1.18. The second kappa shape index (κ2) is 5.11. The lowest BCUT2D eigenvalue weighted by atomic mass is 10.1. The van der Waals surface area contributed by atoms with E-state index >= 15 is 0 Å². The van der Waals surface area contributed by atoms with Crippen LogP contribution in [0.1, 0.15) is 19.4 Å². The van der Waals surface area contributed by atoms with Gasteiger partial charge in [-0.25, -0.2) is 0 Å². The molecule has 0 amide bonds. The van der Waals surface area contributed by atoms with Crippen molar-refractivity contribution in [1.29, 1.82) is 0 Å². The molecule has 0 aliphatic carbocycles. The Morgan fingerprint density at radius 1 is 1.29 bits per heavy atom. The molecule has 0 radical (unpaired) electrons. The van der Waals surface area contributed by atoms with Crippen molar-refractivity contribution >= 4 is 21.7 Å². The first-order valence-corrected chi connectivity index (χ1v) is 5.29. The van der Waals surface area contributed by atoms with Gasteiger partial charge in [0, 0.05) is 10.9 Å². The minimum absolute atomic E-state index is 0.160. The summed E-state index contributed by atoms with van der Waals surface area (Å²) in [6, 6.07) is 7.82. The molecular weight excluding hydrogens is 240 g/mol. The van der Waals surface area contributed by atoms with Gasteiger partial charge in [0.2, 0.25) is 0 Å². The molecule has 0 saturated carbocycles. The van der Waals surface area contributed by atoms with E-state index in [4.69, 9.17) is 0 Å². The van der Waals surface area contributed by atoms with E-state index in [0.29, 0.717) is 6.42 Å². The molecule has 74 valence electrons. The molecular formula is C12H13BrO. The van der Waals surface area contributed by atoms with Crippen molar-refractivity contribution in [2.24, 2.45) is 0 Å². The molecule has 0 saturated heterocycles. The van der Waals surface area contributed by atoms with E-state index in [2.05, 4.69) is 15.9 Å². The molecule has 0 unspecified atom stereocenters. The maximum atomic E-state index is 11.4. The summed E-state index contributed by atoms with van der Waals surface area (Å²) in [6.07, 6.45) is 2.17. The van der Waals surface area contributed by atoms with Crippen molar-refractivity contribution in [3.05, 3.63) is 46.0 Å². The average molecular weight is 253 g/mol. The van der Waals surface area contributed by atoms with E-state index in [1.54, 1.807) is 6.08 Å². The van der Waals surface area contributed by atoms with Crippen molar-refractivity contribution in [1.82, 2.24) is 0 Å². The van der Waals surface area contributed by atoms with Crippen LogP contribution in [0.4, 0.5) is 0 Å². The molecule has 2 heteroatoms. The summed E-state index contributed by atoms with van der Waals surface area (Å²) in [6.45, 7) is 3.86. The highest BCUT2D eigenvalue weighted by atomic mass is 79.9. The zero-order valence-corrected chi connectivity index (χ0v) is 9.97.